The van der Waals surface area contributed by atoms with Crippen LogP contribution in [0.15, 0.2) is 0 Å². The minimum absolute atomic E-state index is 0.0612. The number of hydrogen-bond acceptors (Lipinski definition) is 6. The van der Waals surface area contributed by atoms with Gasteiger partial charge in [-0.2, -0.15) is 0 Å². The highest BCUT2D eigenvalue weighted by Crippen LogP contribution is 2.18. The average molecular weight is 906 g/mol. The highest BCUT2D eigenvalue weighted by molar-refractivity contribution is 5.71. The van der Waals surface area contributed by atoms with Crippen LogP contribution in [0.1, 0.15) is 335 Å². The molecule has 0 aliphatic carbocycles. The number of esters is 3. The second-order valence-corrected chi connectivity index (χ2v) is 19.9. The summed E-state index contributed by atoms with van der Waals surface area (Å²) in [5.74, 6) is -0.834. The van der Waals surface area contributed by atoms with Gasteiger partial charge in [0, 0.05) is 19.3 Å². The van der Waals surface area contributed by atoms with E-state index >= 15 is 0 Å². The Balaban J connectivity index is 4.22. The highest BCUT2D eigenvalue weighted by Gasteiger charge is 2.19. The standard InChI is InChI=1S/C58H112O6/c1-4-7-10-13-16-19-22-24-26-28-30-32-34-36-39-42-45-48-51-57(60)63-54-55(53-62-56(59)50-47-44-41-38-21-18-15-12-9-6-3)64-58(61)52-49-46-43-40-37-35-33-31-29-27-25-23-20-17-14-11-8-5-2/h55H,4-54H2,1-3H3/t55-/m1/s1. The summed E-state index contributed by atoms with van der Waals surface area (Å²) in [5.41, 5.74) is 0. The van der Waals surface area contributed by atoms with Gasteiger partial charge in [-0.25, -0.2) is 0 Å². The van der Waals surface area contributed by atoms with Gasteiger partial charge < -0.3 is 14.2 Å². The molecule has 0 aromatic heterocycles. The second-order valence-electron chi connectivity index (χ2n) is 19.9. The SMILES string of the molecule is CCCCCCCCCCCCCCCCCCCCC(=O)OC[C@@H](COC(=O)CCCCCCCCCCCC)OC(=O)CCCCCCCCCCCCCCCCCCCC. The van der Waals surface area contributed by atoms with E-state index in [1.807, 2.05) is 0 Å². The zero-order valence-electron chi connectivity index (χ0n) is 43.6. The van der Waals surface area contributed by atoms with Gasteiger partial charge in [-0.05, 0) is 19.3 Å². The molecule has 0 heterocycles. The predicted molar refractivity (Wildman–Crippen MR) is 275 cm³/mol. The molecule has 0 radical (unpaired) electrons. The number of ether oxygens (including phenoxy) is 3. The molecule has 0 fully saturated rings. The van der Waals surface area contributed by atoms with Gasteiger partial charge in [0.1, 0.15) is 13.2 Å². The topological polar surface area (TPSA) is 78.9 Å². The minimum Gasteiger partial charge on any atom is -0.462 e. The lowest BCUT2D eigenvalue weighted by atomic mass is 10.0. The van der Waals surface area contributed by atoms with Gasteiger partial charge in [-0.15, -0.1) is 0 Å². The summed E-state index contributed by atoms with van der Waals surface area (Å²) in [4.78, 5) is 38.1. The van der Waals surface area contributed by atoms with Crippen molar-refractivity contribution in [3.8, 4) is 0 Å². The number of carbonyl (C=O) groups is 3. The minimum atomic E-state index is -0.760. The largest absolute Gasteiger partial charge is 0.462 e. The van der Waals surface area contributed by atoms with Crippen molar-refractivity contribution in [2.75, 3.05) is 13.2 Å². The number of unbranched alkanes of at least 4 members (excludes halogenated alkanes) is 43. The maximum atomic E-state index is 12.8. The van der Waals surface area contributed by atoms with Crippen LogP contribution in [0, 0.1) is 0 Å². The van der Waals surface area contributed by atoms with Gasteiger partial charge in [0.05, 0.1) is 0 Å². The molecule has 0 N–H and O–H groups in total. The molecule has 0 aromatic rings. The fourth-order valence-corrected chi connectivity index (χ4v) is 8.98. The highest BCUT2D eigenvalue weighted by atomic mass is 16.6. The maximum absolute atomic E-state index is 12.8. The summed E-state index contributed by atoms with van der Waals surface area (Å²) >= 11 is 0. The fraction of sp³-hybridized carbons (Fsp3) is 0.948. The van der Waals surface area contributed by atoms with E-state index in [1.54, 1.807) is 0 Å². The summed E-state index contributed by atoms with van der Waals surface area (Å²) in [6.07, 6.45) is 59.5. The average Bonchev–Trinajstić information content (AvgIpc) is 3.29. The molecule has 1 atom stereocenters. The smallest absolute Gasteiger partial charge is 0.306 e. The zero-order chi connectivity index (χ0) is 46.5. The quantitative estimate of drug-likeness (QED) is 0.0344. The molecule has 0 aliphatic heterocycles. The third kappa shape index (κ3) is 51.4. The van der Waals surface area contributed by atoms with E-state index in [0.29, 0.717) is 19.3 Å². The van der Waals surface area contributed by atoms with E-state index < -0.39 is 6.10 Å². The van der Waals surface area contributed by atoms with Gasteiger partial charge in [0.15, 0.2) is 6.10 Å². The van der Waals surface area contributed by atoms with E-state index in [-0.39, 0.29) is 31.1 Å². The van der Waals surface area contributed by atoms with Crippen LogP contribution in [0.3, 0.4) is 0 Å². The van der Waals surface area contributed by atoms with Crippen molar-refractivity contribution in [2.45, 2.75) is 341 Å². The van der Waals surface area contributed by atoms with Crippen LogP contribution in [0.25, 0.3) is 0 Å². The summed E-state index contributed by atoms with van der Waals surface area (Å²) in [5, 5.41) is 0. The molecule has 6 nitrogen and oxygen atoms in total. The van der Waals surface area contributed by atoms with Crippen molar-refractivity contribution in [3.63, 3.8) is 0 Å². The Bertz CT molecular complexity index is 951. The van der Waals surface area contributed by atoms with E-state index in [2.05, 4.69) is 20.8 Å². The lowest BCUT2D eigenvalue weighted by molar-refractivity contribution is -0.167. The van der Waals surface area contributed by atoms with Gasteiger partial charge in [-0.3, -0.25) is 14.4 Å². The Labute approximate surface area is 399 Å². The molecule has 0 amide bonds. The summed E-state index contributed by atoms with van der Waals surface area (Å²) in [6, 6.07) is 0. The molecule has 0 bridgehead atoms. The Morgan fingerprint density at radius 2 is 0.422 bits per heavy atom. The van der Waals surface area contributed by atoms with Gasteiger partial charge in [-0.1, -0.05) is 297 Å². The van der Waals surface area contributed by atoms with Gasteiger partial charge >= 0.3 is 17.9 Å². The summed E-state index contributed by atoms with van der Waals surface area (Å²) in [7, 11) is 0. The Kier molecular flexibility index (Phi) is 52.7. The molecule has 0 rings (SSSR count). The predicted octanol–water partition coefficient (Wildman–Crippen LogP) is 19.2. The van der Waals surface area contributed by atoms with Gasteiger partial charge in [0.2, 0.25) is 0 Å². The van der Waals surface area contributed by atoms with Crippen LogP contribution >= 0.6 is 0 Å². The first-order valence-electron chi connectivity index (χ1n) is 29.0. The van der Waals surface area contributed by atoms with E-state index in [1.165, 1.54) is 238 Å². The molecule has 380 valence electrons. The van der Waals surface area contributed by atoms with Crippen LogP contribution in [0.4, 0.5) is 0 Å². The molecular formula is C58H112O6. The fourth-order valence-electron chi connectivity index (χ4n) is 8.98. The van der Waals surface area contributed by atoms with Crippen LogP contribution in [-0.2, 0) is 28.6 Å². The van der Waals surface area contributed by atoms with Crippen molar-refractivity contribution in [2.24, 2.45) is 0 Å². The molecule has 0 aliphatic rings. The van der Waals surface area contributed by atoms with E-state index in [4.69, 9.17) is 14.2 Å². The number of rotatable bonds is 54. The van der Waals surface area contributed by atoms with Crippen LogP contribution in [0.2, 0.25) is 0 Å². The van der Waals surface area contributed by atoms with E-state index in [9.17, 15) is 14.4 Å². The first-order valence-corrected chi connectivity index (χ1v) is 29.0. The molecule has 0 saturated heterocycles. The third-order valence-electron chi connectivity index (χ3n) is 13.4. The molecule has 0 saturated carbocycles. The molecule has 6 heteroatoms. The number of hydrogen-bond donors (Lipinski definition) is 0. The van der Waals surface area contributed by atoms with Crippen molar-refractivity contribution < 1.29 is 28.6 Å². The van der Waals surface area contributed by atoms with Gasteiger partial charge in [0.25, 0.3) is 0 Å². The maximum Gasteiger partial charge on any atom is 0.306 e. The molecule has 0 unspecified atom stereocenters. The van der Waals surface area contributed by atoms with Crippen molar-refractivity contribution in [1.82, 2.24) is 0 Å². The Hall–Kier alpha value is -1.59. The first-order chi connectivity index (χ1) is 31.5. The first kappa shape index (κ1) is 62.4. The molecule has 64 heavy (non-hydrogen) atoms. The second kappa shape index (κ2) is 54.0. The molecular weight excluding hydrogens is 793 g/mol. The number of carbonyl (C=O) groups excluding carboxylic acids is 3. The van der Waals surface area contributed by atoms with Crippen LogP contribution in [-0.4, -0.2) is 37.2 Å². The van der Waals surface area contributed by atoms with Crippen molar-refractivity contribution in [1.29, 1.82) is 0 Å². The zero-order valence-corrected chi connectivity index (χ0v) is 43.6. The molecule has 0 spiro atoms. The lowest BCUT2D eigenvalue weighted by Gasteiger charge is -2.18. The third-order valence-corrected chi connectivity index (χ3v) is 13.4. The van der Waals surface area contributed by atoms with Crippen LogP contribution < -0.4 is 0 Å². The normalized spacial score (nSPS) is 11.9. The Morgan fingerprint density at radius 1 is 0.250 bits per heavy atom. The van der Waals surface area contributed by atoms with Crippen LogP contribution in [0.5, 0.6) is 0 Å². The lowest BCUT2D eigenvalue weighted by Crippen LogP contribution is -2.30. The Morgan fingerprint density at radius 3 is 0.625 bits per heavy atom. The van der Waals surface area contributed by atoms with E-state index in [0.717, 1.165) is 57.8 Å². The van der Waals surface area contributed by atoms with Crippen molar-refractivity contribution in [3.05, 3.63) is 0 Å². The summed E-state index contributed by atoms with van der Waals surface area (Å²) < 4.78 is 16.9. The summed E-state index contributed by atoms with van der Waals surface area (Å²) in [6.45, 7) is 6.70. The molecule has 0 aromatic carbocycles. The monoisotopic (exact) mass is 905 g/mol. The van der Waals surface area contributed by atoms with Crippen molar-refractivity contribution >= 4 is 17.9 Å².